The summed E-state index contributed by atoms with van der Waals surface area (Å²) in [5.74, 6) is -0.0525. The standard InChI is InChI=1S/C16H18N2O3S2/c1-10-7-8-12-13(9-10)22-16(14(12)15(17)19)18-23(20,21)11-5-3-2-4-6-11/h2-6,10,18H,7-9H2,1H3,(H2,17,19)/t10-/m1/s1. The number of carbonyl (C=O) groups is 1. The van der Waals surface area contributed by atoms with Crippen LogP contribution in [-0.4, -0.2) is 14.3 Å². The average Bonchev–Trinajstić information content (AvgIpc) is 2.84. The van der Waals surface area contributed by atoms with E-state index in [0.29, 0.717) is 16.5 Å². The Labute approximate surface area is 139 Å². The summed E-state index contributed by atoms with van der Waals surface area (Å²) in [5.41, 5.74) is 6.75. The summed E-state index contributed by atoms with van der Waals surface area (Å²) < 4.78 is 27.5. The molecular weight excluding hydrogens is 332 g/mol. The zero-order valence-electron chi connectivity index (χ0n) is 12.7. The number of hydrogen-bond donors (Lipinski definition) is 2. The number of amides is 1. The molecule has 1 aromatic carbocycles. The van der Waals surface area contributed by atoms with Crippen LogP contribution in [0.5, 0.6) is 0 Å². The molecule has 23 heavy (non-hydrogen) atoms. The van der Waals surface area contributed by atoms with E-state index in [1.165, 1.54) is 23.5 Å². The number of nitrogens with two attached hydrogens (primary N) is 1. The zero-order valence-corrected chi connectivity index (χ0v) is 14.3. The Morgan fingerprint density at radius 2 is 2.00 bits per heavy atom. The summed E-state index contributed by atoms with van der Waals surface area (Å²) >= 11 is 1.32. The van der Waals surface area contributed by atoms with E-state index in [0.717, 1.165) is 29.7 Å². The molecule has 0 fully saturated rings. The summed E-state index contributed by atoms with van der Waals surface area (Å²) in [7, 11) is -3.73. The third-order valence-corrected chi connectivity index (χ3v) is 6.70. The minimum absolute atomic E-state index is 0.162. The maximum atomic E-state index is 12.5. The lowest BCUT2D eigenvalue weighted by Crippen LogP contribution is -2.19. The Kier molecular flexibility index (Phi) is 4.16. The molecule has 122 valence electrons. The van der Waals surface area contributed by atoms with Gasteiger partial charge in [-0.2, -0.15) is 0 Å². The van der Waals surface area contributed by atoms with Crippen molar-refractivity contribution in [2.24, 2.45) is 11.7 Å². The summed E-state index contributed by atoms with van der Waals surface area (Å²) in [6.07, 6.45) is 2.60. The number of anilines is 1. The minimum Gasteiger partial charge on any atom is -0.365 e. The van der Waals surface area contributed by atoms with Gasteiger partial charge in [-0.3, -0.25) is 9.52 Å². The van der Waals surface area contributed by atoms with E-state index in [4.69, 9.17) is 5.73 Å². The molecule has 0 saturated heterocycles. The second-order valence-electron chi connectivity index (χ2n) is 5.84. The number of thiophene rings is 1. The second kappa shape index (κ2) is 5.98. The molecule has 0 saturated carbocycles. The van der Waals surface area contributed by atoms with Crippen LogP contribution in [0.4, 0.5) is 5.00 Å². The van der Waals surface area contributed by atoms with Crippen molar-refractivity contribution < 1.29 is 13.2 Å². The highest BCUT2D eigenvalue weighted by Crippen LogP contribution is 2.40. The van der Waals surface area contributed by atoms with E-state index in [-0.39, 0.29) is 4.90 Å². The predicted octanol–water partition coefficient (Wildman–Crippen LogP) is 2.77. The van der Waals surface area contributed by atoms with Gasteiger partial charge in [0.05, 0.1) is 10.5 Å². The van der Waals surface area contributed by atoms with Crippen LogP contribution in [0.3, 0.4) is 0 Å². The highest BCUT2D eigenvalue weighted by atomic mass is 32.2. The highest BCUT2D eigenvalue weighted by Gasteiger charge is 2.28. The first kappa shape index (κ1) is 16.0. The van der Waals surface area contributed by atoms with Crippen LogP contribution in [0.25, 0.3) is 0 Å². The minimum atomic E-state index is -3.73. The van der Waals surface area contributed by atoms with Crippen LogP contribution >= 0.6 is 11.3 Å². The number of sulfonamides is 1. The molecular formula is C16H18N2O3S2. The molecule has 0 unspecified atom stereocenters. The van der Waals surface area contributed by atoms with E-state index in [9.17, 15) is 13.2 Å². The lowest BCUT2D eigenvalue weighted by molar-refractivity contribution is 0.100. The third kappa shape index (κ3) is 3.11. The number of hydrogen-bond acceptors (Lipinski definition) is 4. The van der Waals surface area contributed by atoms with Gasteiger partial charge in [0.15, 0.2) is 0 Å². The molecule has 0 aliphatic heterocycles. The number of rotatable bonds is 4. The van der Waals surface area contributed by atoms with E-state index >= 15 is 0 Å². The van der Waals surface area contributed by atoms with Gasteiger partial charge in [-0.1, -0.05) is 25.1 Å². The van der Waals surface area contributed by atoms with Crippen molar-refractivity contribution in [1.82, 2.24) is 0 Å². The van der Waals surface area contributed by atoms with Crippen molar-refractivity contribution in [3.05, 3.63) is 46.3 Å². The van der Waals surface area contributed by atoms with Gasteiger partial charge in [-0.25, -0.2) is 8.42 Å². The predicted molar refractivity (Wildman–Crippen MR) is 91.3 cm³/mol. The smallest absolute Gasteiger partial charge is 0.262 e. The topological polar surface area (TPSA) is 89.3 Å². The largest absolute Gasteiger partial charge is 0.365 e. The van der Waals surface area contributed by atoms with E-state index < -0.39 is 15.9 Å². The number of benzene rings is 1. The van der Waals surface area contributed by atoms with Crippen LogP contribution in [0, 0.1) is 5.92 Å². The molecule has 1 aliphatic carbocycles. The van der Waals surface area contributed by atoms with Gasteiger partial charge in [0, 0.05) is 4.88 Å². The van der Waals surface area contributed by atoms with Crippen molar-refractivity contribution in [2.75, 3.05) is 4.72 Å². The molecule has 5 nitrogen and oxygen atoms in total. The molecule has 1 amide bonds. The fourth-order valence-corrected chi connectivity index (χ4v) is 5.61. The quantitative estimate of drug-likeness (QED) is 0.888. The van der Waals surface area contributed by atoms with Gasteiger partial charge in [0.1, 0.15) is 5.00 Å². The molecule has 1 aromatic heterocycles. The van der Waals surface area contributed by atoms with E-state index in [1.807, 2.05) is 0 Å². The molecule has 1 atom stereocenters. The Morgan fingerprint density at radius 1 is 1.30 bits per heavy atom. The van der Waals surface area contributed by atoms with Crippen LogP contribution in [-0.2, 0) is 22.9 Å². The Hall–Kier alpha value is -1.86. The van der Waals surface area contributed by atoms with Gasteiger partial charge in [-0.15, -0.1) is 11.3 Å². The first-order valence-corrected chi connectivity index (χ1v) is 9.70. The van der Waals surface area contributed by atoms with Gasteiger partial charge in [0.2, 0.25) is 0 Å². The third-order valence-electron chi connectivity index (χ3n) is 4.04. The average molecular weight is 350 g/mol. The highest BCUT2D eigenvalue weighted by molar-refractivity contribution is 7.93. The number of nitrogens with one attached hydrogen (secondary N) is 1. The molecule has 3 N–H and O–H groups in total. The molecule has 0 radical (unpaired) electrons. The maximum absolute atomic E-state index is 12.5. The molecule has 3 rings (SSSR count). The second-order valence-corrected chi connectivity index (χ2v) is 8.63. The number of fused-ring (bicyclic) bond motifs is 1. The molecule has 7 heteroatoms. The SMILES string of the molecule is C[C@@H]1CCc2c(sc(NS(=O)(=O)c3ccccc3)c2C(N)=O)C1. The Morgan fingerprint density at radius 3 is 2.65 bits per heavy atom. The molecule has 1 heterocycles. The Bertz CT molecular complexity index is 842. The van der Waals surface area contributed by atoms with Gasteiger partial charge in [0.25, 0.3) is 15.9 Å². The van der Waals surface area contributed by atoms with Crippen LogP contribution in [0.2, 0.25) is 0 Å². The lowest BCUT2D eigenvalue weighted by Gasteiger charge is -2.18. The van der Waals surface area contributed by atoms with Crippen molar-refractivity contribution >= 4 is 32.3 Å². The molecule has 1 aliphatic rings. The number of carbonyl (C=O) groups excluding carboxylic acids is 1. The van der Waals surface area contributed by atoms with E-state index in [1.54, 1.807) is 18.2 Å². The fraction of sp³-hybridized carbons (Fsp3) is 0.312. The van der Waals surface area contributed by atoms with E-state index in [2.05, 4.69) is 11.6 Å². The van der Waals surface area contributed by atoms with Crippen molar-refractivity contribution in [3.63, 3.8) is 0 Å². The fourth-order valence-electron chi connectivity index (χ4n) is 2.86. The zero-order chi connectivity index (χ0) is 16.6. The van der Waals surface area contributed by atoms with Gasteiger partial charge < -0.3 is 5.73 Å². The lowest BCUT2D eigenvalue weighted by atomic mass is 9.88. The molecule has 0 spiro atoms. The number of primary amides is 1. The van der Waals surface area contributed by atoms with Crippen LogP contribution in [0.15, 0.2) is 35.2 Å². The van der Waals surface area contributed by atoms with Gasteiger partial charge >= 0.3 is 0 Å². The Balaban J connectivity index is 2.02. The van der Waals surface area contributed by atoms with Crippen LogP contribution < -0.4 is 10.5 Å². The normalized spacial score (nSPS) is 17.5. The van der Waals surface area contributed by atoms with Gasteiger partial charge in [-0.05, 0) is 42.9 Å². The van der Waals surface area contributed by atoms with Crippen molar-refractivity contribution in [2.45, 2.75) is 31.1 Å². The first-order chi connectivity index (χ1) is 10.9. The first-order valence-electron chi connectivity index (χ1n) is 7.40. The summed E-state index contributed by atoms with van der Waals surface area (Å²) in [6.45, 7) is 2.15. The monoisotopic (exact) mass is 350 g/mol. The summed E-state index contributed by atoms with van der Waals surface area (Å²) in [6, 6.07) is 8.10. The summed E-state index contributed by atoms with van der Waals surface area (Å²) in [4.78, 5) is 13.1. The maximum Gasteiger partial charge on any atom is 0.262 e. The molecule has 0 bridgehead atoms. The van der Waals surface area contributed by atoms with Crippen LogP contribution in [0.1, 0.15) is 34.1 Å². The van der Waals surface area contributed by atoms with Crippen molar-refractivity contribution in [1.29, 1.82) is 0 Å². The molecule has 2 aromatic rings. The summed E-state index contributed by atoms with van der Waals surface area (Å²) in [5, 5.41) is 0.334. The van der Waals surface area contributed by atoms with Crippen molar-refractivity contribution in [3.8, 4) is 0 Å².